The summed E-state index contributed by atoms with van der Waals surface area (Å²) in [5.41, 5.74) is 3.81. The third-order valence-corrected chi connectivity index (χ3v) is 6.63. The fourth-order valence-electron chi connectivity index (χ4n) is 3.30. The predicted molar refractivity (Wildman–Crippen MR) is 112 cm³/mol. The predicted octanol–water partition coefficient (Wildman–Crippen LogP) is 3.09. The molecule has 1 atom stereocenters. The molecule has 5 heterocycles. The molecule has 28 heavy (non-hydrogen) atoms. The molecule has 1 unspecified atom stereocenters. The number of fused-ring (bicyclic) bond motifs is 1. The van der Waals surface area contributed by atoms with E-state index in [0.29, 0.717) is 5.25 Å². The molecule has 1 aliphatic rings. The molecule has 4 aromatic rings. The second-order valence-electron chi connectivity index (χ2n) is 6.87. The highest BCUT2D eigenvalue weighted by atomic mass is 32.2. The summed E-state index contributed by atoms with van der Waals surface area (Å²) in [7, 11) is 1.91. The van der Waals surface area contributed by atoms with E-state index in [-0.39, 0.29) is 0 Å². The van der Waals surface area contributed by atoms with Crippen LogP contribution in [0.5, 0.6) is 0 Å². The van der Waals surface area contributed by atoms with Crippen LogP contribution in [0, 0.1) is 6.92 Å². The minimum absolute atomic E-state index is 0.540. The van der Waals surface area contributed by atoms with E-state index in [1.807, 2.05) is 54.9 Å². The zero-order valence-electron chi connectivity index (χ0n) is 15.6. The first-order chi connectivity index (χ1) is 13.7. The molecule has 0 amide bonds. The standard InChI is InChI=1S/C18H20N8S2/c1-11-5-17(28-24-11)22-15-6-16(27-13-3-4-19-8-13)23-18-14(9-21-26(15)18)12-7-20-25(2)10-12/h5-7,9-10,13,19,22H,3-4,8H2,1-2H3. The molecule has 0 saturated carbocycles. The normalized spacial score (nSPS) is 16.9. The molecular formula is C18H20N8S2. The van der Waals surface area contributed by atoms with Gasteiger partial charge in [0.05, 0.1) is 18.1 Å². The fraction of sp³-hybridized carbons (Fsp3) is 0.333. The summed E-state index contributed by atoms with van der Waals surface area (Å²) in [4.78, 5) is 4.94. The molecule has 5 rings (SSSR count). The Bertz CT molecular complexity index is 1120. The van der Waals surface area contributed by atoms with Gasteiger partial charge < -0.3 is 10.6 Å². The molecule has 0 spiro atoms. The first kappa shape index (κ1) is 17.7. The molecule has 0 bridgehead atoms. The molecule has 2 N–H and O–H groups in total. The molecule has 0 aliphatic carbocycles. The Balaban J connectivity index is 1.60. The van der Waals surface area contributed by atoms with Crippen LogP contribution in [0.15, 0.2) is 35.7 Å². The lowest BCUT2D eigenvalue weighted by atomic mass is 10.2. The average molecular weight is 413 g/mol. The number of nitrogens with zero attached hydrogens (tertiary/aromatic N) is 6. The van der Waals surface area contributed by atoms with Crippen molar-refractivity contribution in [3.8, 4) is 11.1 Å². The van der Waals surface area contributed by atoms with Gasteiger partial charge in [0, 0.05) is 42.2 Å². The number of aryl methyl sites for hydroxylation is 2. The SMILES string of the molecule is Cc1cc(Nc2cc(SC3CCNC3)nc3c(-c4cnn(C)c4)cnn23)sn1. The van der Waals surface area contributed by atoms with Crippen LogP contribution in [0.3, 0.4) is 0 Å². The lowest BCUT2D eigenvalue weighted by Crippen LogP contribution is -2.10. The monoisotopic (exact) mass is 412 g/mol. The van der Waals surface area contributed by atoms with Crippen LogP contribution in [0.1, 0.15) is 12.1 Å². The van der Waals surface area contributed by atoms with Crippen LogP contribution in [0.25, 0.3) is 16.8 Å². The second-order valence-corrected chi connectivity index (χ2v) is 8.99. The van der Waals surface area contributed by atoms with Gasteiger partial charge in [-0.15, -0.1) is 11.8 Å². The molecule has 144 valence electrons. The van der Waals surface area contributed by atoms with Gasteiger partial charge in [-0.2, -0.15) is 19.1 Å². The Morgan fingerprint density at radius 3 is 2.93 bits per heavy atom. The van der Waals surface area contributed by atoms with Gasteiger partial charge in [0.1, 0.15) is 15.8 Å². The highest BCUT2D eigenvalue weighted by molar-refractivity contribution is 7.99. The lowest BCUT2D eigenvalue weighted by molar-refractivity contribution is 0.768. The van der Waals surface area contributed by atoms with E-state index >= 15 is 0 Å². The number of rotatable bonds is 5. The van der Waals surface area contributed by atoms with Crippen molar-refractivity contribution in [1.29, 1.82) is 0 Å². The maximum atomic E-state index is 4.94. The van der Waals surface area contributed by atoms with E-state index in [1.54, 1.807) is 4.68 Å². The van der Waals surface area contributed by atoms with E-state index in [4.69, 9.17) is 4.98 Å². The van der Waals surface area contributed by atoms with E-state index in [9.17, 15) is 0 Å². The van der Waals surface area contributed by atoms with Crippen molar-refractivity contribution < 1.29 is 0 Å². The largest absolute Gasteiger partial charge is 0.330 e. The van der Waals surface area contributed by atoms with Crippen molar-refractivity contribution in [2.75, 3.05) is 18.4 Å². The number of nitrogens with one attached hydrogen (secondary N) is 2. The second kappa shape index (κ2) is 7.19. The minimum atomic E-state index is 0.540. The molecule has 1 saturated heterocycles. The lowest BCUT2D eigenvalue weighted by Gasteiger charge is -2.11. The number of anilines is 2. The van der Waals surface area contributed by atoms with E-state index in [0.717, 1.165) is 57.8 Å². The number of hydrogen-bond donors (Lipinski definition) is 2. The molecule has 1 fully saturated rings. The van der Waals surface area contributed by atoms with E-state index < -0.39 is 0 Å². The third-order valence-electron chi connectivity index (χ3n) is 4.65. The fourth-order valence-corrected chi connectivity index (χ4v) is 5.07. The molecular weight excluding hydrogens is 392 g/mol. The van der Waals surface area contributed by atoms with Gasteiger partial charge in [-0.3, -0.25) is 4.68 Å². The molecule has 0 aromatic carbocycles. The molecule has 4 aromatic heterocycles. The Morgan fingerprint density at radius 2 is 2.21 bits per heavy atom. The Labute approximate surface area is 170 Å². The zero-order chi connectivity index (χ0) is 19.1. The summed E-state index contributed by atoms with van der Waals surface area (Å²) in [5.74, 6) is 0.886. The van der Waals surface area contributed by atoms with Crippen molar-refractivity contribution in [3.63, 3.8) is 0 Å². The van der Waals surface area contributed by atoms with Crippen molar-refractivity contribution in [2.24, 2.45) is 7.05 Å². The van der Waals surface area contributed by atoms with Gasteiger partial charge in [0.15, 0.2) is 5.65 Å². The highest BCUT2D eigenvalue weighted by Crippen LogP contribution is 2.33. The molecule has 10 heteroatoms. The van der Waals surface area contributed by atoms with Gasteiger partial charge in [-0.1, -0.05) is 0 Å². The summed E-state index contributed by atoms with van der Waals surface area (Å²) >= 11 is 3.27. The molecule has 1 aliphatic heterocycles. The Kier molecular flexibility index (Phi) is 4.53. The van der Waals surface area contributed by atoms with Gasteiger partial charge in [0.2, 0.25) is 0 Å². The van der Waals surface area contributed by atoms with Gasteiger partial charge in [-0.25, -0.2) is 4.98 Å². The summed E-state index contributed by atoms with van der Waals surface area (Å²) in [6, 6.07) is 4.11. The quantitative estimate of drug-likeness (QED) is 0.487. The molecule has 0 radical (unpaired) electrons. The van der Waals surface area contributed by atoms with Crippen molar-refractivity contribution >= 4 is 39.8 Å². The number of thioether (sulfide) groups is 1. The Morgan fingerprint density at radius 1 is 1.29 bits per heavy atom. The van der Waals surface area contributed by atoms with Crippen LogP contribution in [0.2, 0.25) is 0 Å². The summed E-state index contributed by atoms with van der Waals surface area (Å²) in [6.07, 6.45) is 6.84. The minimum Gasteiger partial charge on any atom is -0.330 e. The summed E-state index contributed by atoms with van der Waals surface area (Å²) in [6.45, 7) is 4.08. The van der Waals surface area contributed by atoms with Crippen molar-refractivity contribution in [3.05, 3.63) is 36.4 Å². The average Bonchev–Trinajstić information content (AvgIpc) is 3.43. The van der Waals surface area contributed by atoms with Gasteiger partial charge >= 0.3 is 0 Å². The number of hydrogen-bond acceptors (Lipinski definition) is 8. The van der Waals surface area contributed by atoms with Gasteiger partial charge in [-0.05, 0) is 37.5 Å². The first-order valence-corrected chi connectivity index (χ1v) is 10.8. The summed E-state index contributed by atoms with van der Waals surface area (Å²) < 4.78 is 8.01. The van der Waals surface area contributed by atoms with Crippen LogP contribution >= 0.6 is 23.3 Å². The van der Waals surface area contributed by atoms with Crippen molar-refractivity contribution in [2.45, 2.75) is 23.6 Å². The zero-order valence-corrected chi connectivity index (χ0v) is 17.2. The number of aromatic nitrogens is 6. The smallest absolute Gasteiger partial charge is 0.166 e. The third kappa shape index (κ3) is 3.38. The topological polar surface area (TPSA) is 85.0 Å². The van der Waals surface area contributed by atoms with Crippen LogP contribution in [0.4, 0.5) is 10.8 Å². The van der Waals surface area contributed by atoms with Crippen molar-refractivity contribution in [1.82, 2.24) is 34.1 Å². The maximum Gasteiger partial charge on any atom is 0.166 e. The first-order valence-electron chi connectivity index (χ1n) is 9.11. The van der Waals surface area contributed by atoms with E-state index in [2.05, 4.69) is 31.3 Å². The Hall–Kier alpha value is -2.43. The van der Waals surface area contributed by atoms with Crippen LogP contribution in [-0.4, -0.2) is 47.1 Å². The highest BCUT2D eigenvalue weighted by Gasteiger charge is 2.20. The van der Waals surface area contributed by atoms with Gasteiger partial charge in [0.25, 0.3) is 0 Å². The summed E-state index contributed by atoms with van der Waals surface area (Å²) in [5, 5.41) is 18.3. The molecule has 8 nitrogen and oxygen atoms in total. The maximum absolute atomic E-state index is 4.94. The van der Waals surface area contributed by atoms with E-state index in [1.165, 1.54) is 11.5 Å². The van der Waals surface area contributed by atoms with Crippen LogP contribution in [-0.2, 0) is 7.05 Å². The van der Waals surface area contributed by atoms with Crippen LogP contribution < -0.4 is 10.6 Å².